The van der Waals surface area contributed by atoms with Crippen molar-refractivity contribution in [3.63, 3.8) is 0 Å². The zero-order valence-corrected chi connectivity index (χ0v) is 21.6. The van der Waals surface area contributed by atoms with Crippen LogP contribution in [0.2, 0.25) is 5.02 Å². The predicted molar refractivity (Wildman–Crippen MR) is 131 cm³/mol. The van der Waals surface area contributed by atoms with Crippen LogP contribution in [-0.2, 0) is 14.1 Å². The van der Waals surface area contributed by atoms with E-state index in [-0.39, 0.29) is 17.7 Å². The molecule has 0 saturated carbocycles. The molecule has 1 aliphatic heterocycles. The maximum atomic E-state index is 13.7. The summed E-state index contributed by atoms with van der Waals surface area (Å²) in [6.45, 7) is 6.40. The van der Waals surface area contributed by atoms with Crippen LogP contribution in [0.5, 0.6) is 11.5 Å². The molecule has 0 aliphatic carbocycles. The number of hydrogen-bond acceptors (Lipinski definition) is 5. The summed E-state index contributed by atoms with van der Waals surface area (Å²) in [5, 5.41) is 0.464. The number of para-hydroxylation sites is 1. The summed E-state index contributed by atoms with van der Waals surface area (Å²) >= 11 is 6.37. The minimum Gasteiger partial charge on any atom is -0.493 e. The van der Waals surface area contributed by atoms with Crippen LogP contribution in [-0.4, -0.2) is 48.7 Å². The smallest absolute Gasteiger partial charge is 0.325 e. The molecule has 0 radical (unpaired) electrons. The van der Waals surface area contributed by atoms with Gasteiger partial charge in [-0.15, -0.1) is 0 Å². The van der Waals surface area contributed by atoms with Crippen molar-refractivity contribution < 1.29 is 33.4 Å². The molecule has 10 heteroatoms. The number of rotatable bonds is 7. The van der Waals surface area contributed by atoms with Gasteiger partial charge in [-0.2, -0.15) is 0 Å². The predicted octanol–water partition coefficient (Wildman–Crippen LogP) is 4.79. The lowest BCUT2D eigenvalue weighted by Gasteiger charge is -2.31. The number of methoxy groups -OCH3 is 2. The van der Waals surface area contributed by atoms with Gasteiger partial charge in [0.1, 0.15) is 12.2 Å². The zero-order valence-electron chi connectivity index (χ0n) is 19.9. The van der Waals surface area contributed by atoms with Gasteiger partial charge in [-0.05, 0) is 36.1 Å². The highest BCUT2D eigenvalue weighted by molar-refractivity contribution is 7.51. The number of amides is 1. The largest absolute Gasteiger partial charge is 0.493 e. The molecular weight excluding hydrogens is 481 g/mol. The van der Waals surface area contributed by atoms with Crippen molar-refractivity contribution in [2.45, 2.75) is 39.4 Å². The standard InChI is InChI=1S/C24H31ClNO7P/c1-24(2,3)14-26-18-10-9-15(25)13-17(18)21(16-7-6-8-19(31-4)22(16)32-5)33-20(23(26)27)11-12-34(28,29)30/h6-10,13,20-21H,11-12,14H2,1-5H3,(H2,28,29,30)/t20-,21-/m1/s1. The summed E-state index contributed by atoms with van der Waals surface area (Å²) in [4.78, 5) is 34.3. The molecule has 2 aromatic carbocycles. The van der Waals surface area contributed by atoms with E-state index < -0.39 is 26.0 Å². The first kappa shape index (κ1) is 26.5. The Bertz CT molecular complexity index is 1100. The fraction of sp³-hybridized carbons (Fsp3) is 0.458. The number of nitrogens with zero attached hydrogens (tertiary/aromatic N) is 1. The summed E-state index contributed by atoms with van der Waals surface area (Å²) in [6, 6.07) is 10.6. The molecule has 3 rings (SSSR count). The van der Waals surface area contributed by atoms with Gasteiger partial charge in [0, 0.05) is 28.4 Å². The molecule has 0 aromatic heterocycles. The average molecular weight is 512 g/mol. The molecule has 186 valence electrons. The first-order valence-corrected chi connectivity index (χ1v) is 13.0. The minimum absolute atomic E-state index is 0.145. The first-order valence-electron chi connectivity index (χ1n) is 10.9. The molecule has 0 bridgehead atoms. The van der Waals surface area contributed by atoms with Crippen molar-refractivity contribution >= 4 is 30.8 Å². The van der Waals surface area contributed by atoms with Crippen molar-refractivity contribution in [1.29, 1.82) is 0 Å². The van der Waals surface area contributed by atoms with E-state index in [1.165, 1.54) is 14.2 Å². The fourth-order valence-electron chi connectivity index (χ4n) is 4.04. The number of fused-ring (bicyclic) bond motifs is 1. The minimum atomic E-state index is -4.35. The van der Waals surface area contributed by atoms with Crippen molar-refractivity contribution in [3.8, 4) is 11.5 Å². The van der Waals surface area contributed by atoms with E-state index in [2.05, 4.69) is 0 Å². The number of anilines is 1. The van der Waals surface area contributed by atoms with Crippen LogP contribution >= 0.6 is 19.2 Å². The van der Waals surface area contributed by atoms with Crippen molar-refractivity contribution in [1.82, 2.24) is 0 Å². The Morgan fingerprint density at radius 1 is 1.12 bits per heavy atom. The van der Waals surface area contributed by atoms with Gasteiger partial charge in [0.05, 0.1) is 20.4 Å². The molecule has 2 atom stereocenters. The van der Waals surface area contributed by atoms with Gasteiger partial charge in [0.25, 0.3) is 5.91 Å². The van der Waals surface area contributed by atoms with Gasteiger partial charge in [-0.1, -0.05) is 44.5 Å². The zero-order chi connectivity index (χ0) is 25.3. The maximum Gasteiger partial charge on any atom is 0.325 e. The van der Waals surface area contributed by atoms with Crippen LogP contribution < -0.4 is 14.4 Å². The Kier molecular flexibility index (Phi) is 8.00. The summed E-state index contributed by atoms with van der Waals surface area (Å²) in [6.07, 6.45) is -2.52. The molecule has 1 amide bonds. The number of benzene rings is 2. The highest BCUT2D eigenvalue weighted by Gasteiger charge is 2.39. The molecule has 2 aromatic rings. The molecule has 8 nitrogen and oxygen atoms in total. The lowest BCUT2D eigenvalue weighted by Crippen LogP contribution is -2.43. The third-order valence-electron chi connectivity index (χ3n) is 5.44. The van der Waals surface area contributed by atoms with Crippen LogP contribution in [0.15, 0.2) is 36.4 Å². The van der Waals surface area contributed by atoms with Crippen LogP contribution in [0.3, 0.4) is 0 Å². The van der Waals surface area contributed by atoms with Crippen LogP contribution in [0.4, 0.5) is 5.69 Å². The Hall–Kier alpha value is -2.09. The van der Waals surface area contributed by atoms with Gasteiger partial charge in [-0.25, -0.2) is 0 Å². The van der Waals surface area contributed by atoms with E-state index in [0.717, 1.165) is 0 Å². The molecule has 1 heterocycles. The summed E-state index contributed by atoms with van der Waals surface area (Å²) in [5.41, 5.74) is 1.62. The topological polar surface area (TPSA) is 106 Å². The monoisotopic (exact) mass is 511 g/mol. The molecule has 0 spiro atoms. The van der Waals surface area contributed by atoms with Gasteiger partial charge in [0.2, 0.25) is 0 Å². The van der Waals surface area contributed by atoms with E-state index in [1.54, 1.807) is 41.3 Å². The number of hydrogen-bond donors (Lipinski definition) is 2. The fourth-order valence-corrected chi connectivity index (χ4v) is 4.79. The summed E-state index contributed by atoms with van der Waals surface area (Å²) < 4.78 is 29.1. The van der Waals surface area contributed by atoms with Crippen LogP contribution in [0, 0.1) is 5.41 Å². The molecule has 34 heavy (non-hydrogen) atoms. The van der Waals surface area contributed by atoms with Gasteiger partial charge in [0.15, 0.2) is 11.5 Å². The van der Waals surface area contributed by atoms with Gasteiger partial charge >= 0.3 is 7.60 Å². The SMILES string of the molecule is COc1cccc([C@H]2O[C@H](CCP(=O)(O)O)C(=O)N(CC(C)(C)C)c3ccc(Cl)cc32)c1OC. The molecule has 0 fully saturated rings. The second-order valence-corrected chi connectivity index (χ2v) is 11.7. The Labute approximate surface area is 204 Å². The molecule has 0 unspecified atom stereocenters. The van der Waals surface area contributed by atoms with Crippen molar-refractivity contribution in [2.75, 3.05) is 31.8 Å². The third-order valence-corrected chi connectivity index (χ3v) is 6.51. The Balaban J connectivity index is 2.23. The molecule has 1 aliphatic rings. The molecule has 2 N–H and O–H groups in total. The number of carbonyl (C=O) groups is 1. The number of halogens is 1. The highest BCUT2D eigenvalue weighted by Crippen LogP contribution is 2.46. The normalized spacial score (nSPS) is 18.9. The van der Waals surface area contributed by atoms with E-state index in [1.807, 2.05) is 20.8 Å². The van der Waals surface area contributed by atoms with Crippen molar-refractivity contribution in [3.05, 3.63) is 52.5 Å². The van der Waals surface area contributed by atoms with Gasteiger partial charge in [-0.3, -0.25) is 9.36 Å². The van der Waals surface area contributed by atoms with Crippen LogP contribution in [0.1, 0.15) is 44.4 Å². The second kappa shape index (κ2) is 10.3. The van der Waals surface area contributed by atoms with Crippen LogP contribution in [0.25, 0.3) is 0 Å². The number of carbonyl (C=O) groups excluding carboxylic acids is 1. The third kappa shape index (κ3) is 6.12. The Morgan fingerprint density at radius 2 is 1.82 bits per heavy atom. The highest BCUT2D eigenvalue weighted by atomic mass is 35.5. The van der Waals surface area contributed by atoms with E-state index in [0.29, 0.717) is 39.9 Å². The lowest BCUT2D eigenvalue weighted by atomic mass is 9.94. The molecular formula is C24H31ClNO7P. The number of ether oxygens (including phenoxy) is 3. The quantitative estimate of drug-likeness (QED) is 0.515. The van der Waals surface area contributed by atoms with E-state index in [9.17, 15) is 19.1 Å². The molecule has 0 saturated heterocycles. The van der Waals surface area contributed by atoms with Crippen molar-refractivity contribution in [2.24, 2.45) is 5.41 Å². The lowest BCUT2D eigenvalue weighted by molar-refractivity contribution is -0.132. The first-order chi connectivity index (χ1) is 15.8. The summed E-state index contributed by atoms with van der Waals surface area (Å²) in [5.74, 6) is 0.559. The average Bonchev–Trinajstić information content (AvgIpc) is 2.85. The van der Waals surface area contributed by atoms with Gasteiger partial charge < -0.3 is 28.9 Å². The summed E-state index contributed by atoms with van der Waals surface area (Å²) in [7, 11) is -1.31. The van der Waals surface area contributed by atoms with E-state index in [4.69, 9.17) is 25.8 Å². The van der Waals surface area contributed by atoms with E-state index >= 15 is 0 Å². The Morgan fingerprint density at radius 3 is 2.41 bits per heavy atom. The second-order valence-electron chi connectivity index (χ2n) is 9.45. The maximum absolute atomic E-state index is 13.7.